The number of hydrazine groups is 1. The summed E-state index contributed by atoms with van der Waals surface area (Å²) in [7, 11) is 0. The van der Waals surface area contributed by atoms with Crippen molar-refractivity contribution >= 4 is 28.7 Å². The minimum absolute atomic E-state index is 0.0463. The van der Waals surface area contributed by atoms with Crippen LogP contribution in [0.1, 0.15) is 23.7 Å². The van der Waals surface area contributed by atoms with Crippen LogP contribution in [0.4, 0.5) is 17.3 Å². The normalized spacial score (nSPS) is 11.9. The van der Waals surface area contributed by atoms with Gasteiger partial charge in [0.25, 0.3) is 0 Å². The maximum Gasteiger partial charge on any atom is 0.354 e. The van der Waals surface area contributed by atoms with E-state index in [-0.39, 0.29) is 23.4 Å². The molecular weight excluding hydrogens is 282 g/mol. The second-order valence-corrected chi connectivity index (χ2v) is 4.90. The molecule has 0 bridgehead atoms. The Morgan fingerprint density at radius 3 is 2.70 bits per heavy atom. The van der Waals surface area contributed by atoms with Crippen molar-refractivity contribution < 1.29 is 4.92 Å². The lowest BCUT2D eigenvalue weighted by Gasteiger charge is -2.12. The number of nitro groups is 1. The summed E-state index contributed by atoms with van der Waals surface area (Å²) in [6.45, 7) is 3.73. The first-order valence-electron chi connectivity index (χ1n) is 5.67. The van der Waals surface area contributed by atoms with Crippen LogP contribution in [0, 0.1) is 17.0 Å². The SMILES string of the molecule is Cc1csc(C(C)Nc2ncnc(NN)c2[N+](=O)[O-])n1. The van der Waals surface area contributed by atoms with Gasteiger partial charge in [-0.3, -0.25) is 10.1 Å². The van der Waals surface area contributed by atoms with E-state index in [9.17, 15) is 10.1 Å². The van der Waals surface area contributed by atoms with Gasteiger partial charge in [0, 0.05) is 11.1 Å². The van der Waals surface area contributed by atoms with Gasteiger partial charge in [0.15, 0.2) is 0 Å². The number of nitrogens with one attached hydrogen (secondary N) is 2. The number of hydrogen-bond acceptors (Lipinski definition) is 9. The van der Waals surface area contributed by atoms with Gasteiger partial charge in [0.1, 0.15) is 11.3 Å². The molecule has 0 spiro atoms. The van der Waals surface area contributed by atoms with Crippen molar-refractivity contribution in [2.75, 3.05) is 10.7 Å². The highest BCUT2D eigenvalue weighted by Gasteiger charge is 2.24. The zero-order valence-corrected chi connectivity index (χ0v) is 11.6. The maximum atomic E-state index is 11.1. The highest BCUT2D eigenvalue weighted by atomic mass is 32.1. The van der Waals surface area contributed by atoms with Gasteiger partial charge in [-0.2, -0.15) is 0 Å². The largest absolute Gasteiger partial charge is 0.355 e. The van der Waals surface area contributed by atoms with E-state index in [0.717, 1.165) is 10.7 Å². The second-order valence-electron chi connectivity index (χ2n) is 4.01. The first kappa shape index (κ1) is 14.1. The quantitative estimate of drug-likeness (QED) is 0.430. The molecule has 20 heavy (non-hydrogen) atoms. The highest BCUT2D eigenvalue weighted by molar-refractivity contribution is 7.09. The number of rotatable bonds is 5. The van der Waals surface area contributed by atoms with E-state index in [1.54, 1.807) is 0 Å². The third-order valence-corrected chi connectivity index (χ3v) is 3.65. The summed E-state index contributed by atoms with van der Waals surface area (Å²) in [4.78, 5) is 22.5. The monoisotopic (exact) mass is 295 g/mol. The number of nitrogens with zero attached hydrogens (tertiary/aromatic N) is 4. The average molecular weight is 295 g/mol. The Kier molecular flexibility index (Phi) is 4.05. The Morgan fingerprint density at radius 2 is 2.15 bits per heavy atom. The molecule has 9 nitrogen and oxygen atoms in total. The molecule has 2 aromatic heterocycles. The topological polar surface area (TPSA) is 132 Å². The van der Waals surface area contributed by atoms with Crippen LogP contribution < -0.4 is 16.6 Å². The standard InChI is InChI=1S/C10H13N7O2S/c1-5-3-20-10(14-5)6(2)15-8-7(17(18)19)9(16-11)13-4-12-8/h3-4,6H,11H2,1-2H3,(H2,12,13,15,16). The molecule has 0 saturated carbocycles. The fourth-order valence-electron chi connectivity index (χ4n) is 1.60. The van der Waals surface area contributed by atoms with Crippen LogP contribution in [0.25, 0.3) is 0 Å². The van der Waals surface area contributed by atoms with Crippen molar-refractivity contribution in [3.05, 3.63) is 32.5 Å². The summed E-state index contributed by atoms with van der Waals surface area (Å²) in [6.07, 6.45) is 1.20. The summed E-state index contributed by atoms with van der Waals surface area (Å²) < 4.78 is 0. The number of hydrogen-bond donors (Lipinski definition) is 3. The molecule has 1 atom stereocenters. The van der Waals surface area contributed by atoms with E-state index in [4.69, 9.17) is 5.84 Å². The molecule has 4 N–H and O–H groups in total. The Morgan fingerprint density at radius 1 is 1.45 bits per heavy atom. The maximum absolute atomic E-state index is 11.1. The number of nitrogens with two attached hydrogens (primary N) is 1. The highest BCUT2D eigenvalue weighted by Crippen LogP contribution is 2.31. The van der Waals surface area contributed by atoms with Crippen molar-refractivity contribution in [2.24, 2.45) is 5.84 Å². The Labute approximate surface area is 118 Å². The Bertz CT molecular complexity index is 630. The van der Waals surface area contributed by atoms with Crippen LogP contribution in [0.15, 0.2) is 11.7 Å². The summed E-state index contributed by atoms with van der Waals surface area (Å²) in [5.41, 5.74) is 2.80. The smallest absolute Gasteiger partial charge is 0.354 e. The molecule has 0 aliphatic carbocycles. The molecule has 2 rings (SSSR count). The van der Waals surface area contributed by atoms with E-state index in [1.165, 1.54) is 17.7 Å². The third kappa shape index (κ3) is 2.81. The van der Waals surface area contributed by atoms with Crippen LogP contribution >= 0.6 is 11.3 Å². The number of anilines is 2. The van der Waals surface area contributed by atoms with Crippen LogP contribution in [0.2, 0.25) is 0 Å². The van der Waals surface area contributed by atoms with Crippen molar-refractivity contribution in [2.45, 2.75) is 19.9 Å². The molecule has 106 valence electrons. The van der Waals surface area contributed by atoms with Crippen LogP contribution in [0.5, 0.6) is 0 Å². The van der Waals surface area contributed by atoms with Crippen molar-refractivity contribution in [1.29, 1.82) is 0 Å². The molecule has 0 aliphatic heterocycles. The molecule has 0 aromatic carbocycles. The van der Waals surface area contributed by atoms with E-state index in [0.29, 0.717) is 0 Å². The molecule has 2 aromatic rings. The van der Waals surface area contributed by atoms with Gasteiger partial charge in [0.2, 0.25) is 11.6 Å². The third-order valence-electron chi connectivity index (χ3n) is 2.50. The summed E-state index contributed by atoms with van der Waals surface area (Å²) in [5.74, 6) is 5.27. The Balaban J connectivity index is 2.31. The lowest BCUT2D eigenvalue weighted by molar-refractivity contribution is -0.383. The lowest BCUT2D eigenvalue weighted by Crippen LogP contribution is -2.15. The summed E-state index contributed by atoms with van der Waals surface area (Å²) in [6, 6.07) is -0.215. The molecule has 10 heteroatoms. The Hall–Kier alpha value is -2.33. The van der Waals surface area contributed by atoms with Crippen LogP contribution in [-0.4, -0.2) is 19.9 Å². The van der Waals surface area contributed by atoms with Gasteiger partial charge < -0.3 is 10.7 Å². The predicted octanol–water partition coefficient (Wildman–Crippen LogP) is 1.61. The van der Waals surface area contributed by atoms with E-state index < -0.39 is 4.92 Å². The molecule has 0 aliphatic rings. The minimum atomic E-state index is -0.586. The molecule has 1 unspecified atom stereocenters. The zero-order chi connectivity index (χ0) is 14.7. The van der Waals surface area contributed by atoms with Gasteiger partial charge >= 0.3 is 5.69 Å². The van der Waals surface area contributed by atoms with E-state index in [2.05, 4.69) is 25.7 Å². The first-order valence-corrected chi connectivity index (χ1v) is 6.55. The van der Waals surface area contributed by atoms with Crippen molar-refractivity contribution in [1.82, 2.24) is 15.0 Å². The molecule has 2 heterocycles. The number of nitrogen functional groups attached to an aromatic ring is 1. The zero-order valence-electron chi connectivity index (χ0n) is 10.8. The van der Waals surface area contributed by atoms with Crippen LogP contribution in [0.3, 0.4) is 0 Å². The van der Waals surface area contributed by atoms with Crippen molar-refractivity contribution in [3.8, 4) is 0 Å². The fourth-order valence-corrected chi connectivity index (χ4v) is 2.40. The molecule has 0 saturated heterocycles. The van der Waals surface area contributed by atoms with Gasteiger partial charge in [-0.15, -0.1) is 11.3 Å². The number of thiazole rings is 1. The minimum Gasteiger partial charge on any atom is -0.355 e. The second kappa shape index (κ2) is 5.75. The number of aryl methyl sites for hydroxylation is 1. The van der Waals surface area contributed by atoms with Crippen molar-refractivity contribution in [3.63, 3.8) is 0 Å². The van der Waals surface area contributed by atoms with E-state index in [1.807, 2.05) is 19.2 Å². The number of aromatic nitrogens is 3. The van der Waals surface area contributed by atoms with Gasteiger partial charge in [0.05, 0.1) is 11.0 Å². The fraction of sp³-hybridized carbons (Fsp3) is 0.300. The van der Waals surface area contributed by atoms with Crippen LogP contribution in [-0.2, 0) is 0 Å². The van der Waals surface area contributed by atoms with Gasteiger partial charge in [-0.05, 0) is 13.8 Å². The van der Waals surface area contributed by atoms with Gasteiger partial charge in [-0.1, -0.05) is 0 Å². The predicted molar refractivity (Wildman–Crippen MR) is 75.4 cm³/mol. The summed E-state index contributed by atoms with van der Waals surface area (Å²) in [5, 5.41) is 16.8. The molecule has 0 radical (unpaired) electrons. The average Bonchev–Trinajstić information content (AvgIpc) is 2.84. The molecule has 0 amide bonds. The summed E-state index contributed by atoms with van der Waals surface area (Å²) >= 11 is 1.47. The van der Waals surface area contributed by atoms with Gasteiger partial charge in [-0.25, -0.2) is 20.8 Å². The lowest BCUT2D eigenvalue weighted by atomic mass is 10.3. The van der Waals surface area contributed by atoms with E-state index >= 15 is 0 Å². The molecule has 0 fully saturated rings. The molecular formula is C10H13N7O2S. The first-order chi connectivity index (χ1) is 9.52.